The summed E-state index contributed by atoms with van der Waals surface area (Å²) in [6.07, 6.45) is 4.82. The zero-order valence-corrected chi connectivity index (χ0v) is 13.6. The third-order valence-corrected chi connectivity index (χ3v) is 3.48. The summed E-state index contributed by atoms with van der Waals surface area (Å²) in [5, 5.41) is 7.03. The van der Waals surface area contributed by atoms with E-state index in [1.807, 2.05) is 20.2 Å². The lowest BCUT2D eigenvalue weighted by molar-refractivity contribution is 0.0946. The lowest BCUT2D eigenvalue weighted by atomic mass is 10.2. The van der Waals surface area contributed by atoms with Gasteiger partial charge < -0.3 is 15.5 Å². The van der Waals surface area contributed by atoms with Crippen LogP contribution in [-0.4, -0.2) is 30.6 Å². The van der Waals surface area contributed by atoms with Crippen LogP contribution in [0.4, 0.5) is 5.82 Å². The fourth-order valence-electron chi connectivity index (χ4n) is 2.32. The number of hydrogen-bond acceptors (Lipinski definition) is 7. The summed E-state index contributed by atoms with van der Waals surface area (Å²) in [5.74, 6) is -0.0843. The minimum atomic E-state index is -0.410. The molecule has 9 heteroatoms. The van der Waals surface area contributed by atoms with Gasteiger partial charge in [-0.3, -0.25) is 9.48 Å². The number of carbonyl (C=O) groups is 1. The molecule has 1 amide bonds. The van der Waals surface area contributed by atoms with E-state index >= 15 is 0 Å². The number of aryl methyl sites for hydroxylation is 3. The molecule has 0 spiro atoms. The molecule has 124 valence electrons. The number of amides is 1. The molecule has 3 aromatic heterocycles. The van der Waals surface area contributed by atoms with E-state index in [2.05, 4.69) is 25.4 Å². The summed E-state index contributed by atoms with van der Waals surface area (Å²) in [6.45, 7) is 3.93. The van der Waals surface area contributed by atoms with Crippen molar-refractivity contribution in [2.75, 3.05) is 5.73 Å². The second-order valence-electron chi connectivity index (χ2n) is 5.34. The first kappa shape index (κ1) is 15.7. The average Bonchev–Trinajstić information content (AvgIpc) is 3.16. The third kappa shape index (κ3) is 2.96. The van der Waals surface area contributed by atoms with Gasteiger partial charge in [0, 0.05) is 13.2 Å². The van der Waals surface area contributed by atoms with E-state index < -0.39 is 5.91 Å². The van der Waals surface area contributed by atoms with Crippen LogP contribution in [-0.2, 0) is 13.6 Å². The number of rotatable bonds is 4. The molecule has 0 atom stereocenters. The first-order chi connectivity index (χ1) is 11.5. The fourth-order valence-corrected chi connectivity index (χ4v) is 2.32. The molecule has 0 fully saturated rings. The maximum atomic E-state index is 12.3. The number of nitrogens with two attached hydrogens (primary N) is 1. The van der Waals surface area contributed by atoms with Crippen molar-refractivity contribution < 1.29 is 9.21 Å². The molecule has 3 N–H and O–H groups in total. The van der Waals surface area contributed by atoms with Gasteiger partial charge in [-0.2, -0.15) is 5.10 Å². The quantitative estimate of drug-likeness (QED) is 0.732. The molecule has 0 saturated carbocycles. The summed E-state index contributed by atoms with van der Waals surface area (Å²) < 4.78 is 6.89. The van der Waals surface area contributed by atoms with Crippen LogP contribution in [0.2, 0.25) is 0 Å². The Bertz CT molecular complexity index is 884. The molecular formula is C15H17N7O2. The Labute approximate surface area is 137 Å². The Morgan fingerprint density at radius 1 is 1.38 bits per heavy atom. The standard InChI is InChI=1S/C15H17N7O2/c1-8-7-22(3)21-10(8)6-18-14(23)12-13(16)20-11(9(2)19-12)15-17-4-5-24-15/h4-5,7H,6H2,1-3H3,(H2,16,20)(H,18,23). The largest absolute Gasteiger partial charge is 0.443 e. The molecule has 0 aliphatic rings. The van der Waals surface area contributed by atoms with Gasteiger partial charge in [0.05, 0.1) is 24.1 Å². The predicted octanol–water partition coefficient (Wildman–Crippen LogP) is 0.994. The Balaban J connectivity index is 1.80. The van der Waals surface area contributed by atoms with Crippen LogP contribution in [0.25, 0.3) is 11.6 Å². The highest BCUT2D eigenvalue weighted by Gasteiger charge is 2.19. The molecule has 0 saturated heterocycles. The highest BCUT2D eigenvalue weighted by atomic mass is 16.3. The number of carbonyl (C=O) groups excluding carboxylic acids is 1. The number of nitrogen functional groups attached to an aromatic ring is 1. The Hall–Kier alpha value is -3.23. The predicted molar refractivity (Wildman–Crippen MR) is 85.8 cm³/mol. The van der Waals surface area contributed by atoms with Gasteiger partial charge in [0.1, 0.15) is 12.0 Å². The minimum absolute atomic E-state index is 0.0176. The van der Waals surface area contributed by atoms with Crippen LogP contribution in [0.15, 0.2) is 23.1 Å². The normalized spacial score (nSPS) is 10.8. The van der Waals surface area contributed by atoms with Crippen molar-refractivity contribution in [2.45, 2.75) is 20.4 Å². The van der Waals surface area contributed by atoms with E-state index in [1.165, 1.54) is 12.5 Å². The van der Waals surface area contributed by atoms with Crippen LogP contribution >= 0.6 is 0 Å². The van der Waals surface area contributed by atoms with Gasteiger partial charge in [-0.15, -0.1) is 0 Å². The summed E-state index contributed by atoms with van der Waals surface area (Å²) in [5.41, 5.74) is 8.64. The lowest BCUT2D eigenvalue weighted by Crippen LogP contribution is -2.26. The molecule has 24 heavy (non-hydrogen) atoms. The van der Waals surface area contributed by atoms with Crippen molar-refractivity contribution in [3.63, 3.8) is 0 Å². The van der Waals surface area contributed by atoms with Gasteiger partial charge in [0.2, 0.25) is 5.89 Å². The average molecular weight is 327 g/mol. The summed E-state index contributed by atoms with van der Waals surface area (Å²) in [6, 6.07) is 0. The molecule has 0 bridgehead atoms. The third-order valence-electron chi connectivity index (χ3n) is 3.48. The highest BCUT2D eigenvalue weighted by molar-refractivity contribution is 5.96. The van der Waals surface area contributed by atoms with E-state index in [1.54, 1.807) is 11.6 Å². The van der Waals surface area contributed by atoms with E-state index in [0.717, 1.165) is 11.3 Å². The second-order valence-corrected chi connectivity index (χ2v) is 5.34. The van der Waals surface area contributed by atoms with Crippen LogP contribution in [0.5, 0.6) is 0 Å². The monoisotopic (exact) mass is 327 g/mol. The van der Waals surface area contributed by atoms with E-state index in [0.29, 0.717) is 17.3 Å². The molecule has 3 aromatic rings. The number of nitrogens with zero attached hydrogens (tertiary/aromatic N) is 5. The summed E-state index contributed by atoms with van der Waals surface area (Å²) >= 11 is 0. The van der Waals surface area contributed by atoms with Crippen molar-refractivity contribution >= 4 is 11.7 Å². The Kier molecular flexibility index (Phi) is 3.98. The van der Waals surface area contributed by atoms with E-state index in [4.69, 9.17) is 10.2 Å². The smallest absolute Gasteiger partial charge is 0.274 e. The van der Waals surface area contributed by atoms with Crippen molar-refractivity contribution in [1.82, 2.24) is 30.0 Å². The molecule has 0 aliphatic heterocycles. The first-order valence-electron chi connectivity index (χ1n) is 7.27. The van der Waals surface area contributed by atoms with Crippen molar-refractivity contribution in [3.8, 4) is 11.6 Å². The molecule has 0 aliphatic carbocycles. The summed E-state index contributed by atoms with van der Waals surface area (Å²) in [7, 11) is 1.83. The van der Waals surface area contributed by atoms with Crippen molar-refractivity contribution in [2.24, 2.45) is 7.05 Å². The summed E-state index contributed by atoms with van der Waals surface area (Å²) in [4.78, 5) is 24.8. The number of aromatic nitrogens is 5. The zero-order chi connectivity index (χ0) is 17.3. The molecule has 0 aromatic carbocycles. The minimum Gasteiger partial charge on any atom is -0.443 e. The number of oxazole rings is 1. The van der Waals surface area contributed by atoms with Gasteiger partial charge in [-0.05, 0) is 19.4 Å². The highest BCUT2D eigenvalue weighted by Crippen LogP contribution is 2.20. The molecule has 0 radical (unpaired) electrons. The van der Waals surface area contributed by atoms with Gasteiger partial charge in [-0.25, -0.2) is 15.0 Å². The van der Waals surface area contributed by atoms with Gasteiger partial charge in [0.15, 0.2) is 11.5 Å². The van der Waals surface area contributed by atoms with Gasteiger partial charge in [0.25, 0.3) is 5.91 Å². The second kappa shape index (κ2) is 6.11. The zero-order valence-electron chi connectivity index (χ0n) is 13.6. The van der Waals surface area contributed by atoms with Crippen LogP contribution in [0.1, 0.15) is 27.4 Å². The topological polar surface area (TPSA) is 125 Å². The first-order valence-corrected chi connectivity index (χ1v) is 7.27. The van der Waals surface area contributed by atoms with Crippen LogP contribution < -0.4 is 11.1 Å². The lowest BCUT2D eigenvalue weighted by Gasteiger charge is -2.08. The molecule has 9 nitrogen and oxygen atoms in total. The SMILES string of the molecule is Cc1cn(C)nc1CNC(=O)c1nc(C)c(-c2ncco2)nc1N. The van der Waals surface area contributed by atoms with E-state index in [-0.39, 0.29) is 18.1 Å². The van der Waals surface area contributed by atoms with Crippen molar-refractivity contribution in [1.29, 1.82) is 0 Å². The van der Waals surface area contributed by atoms with Crippen LogP contribution in [0.3, 0.4) is 0 Å². The maximum absolute atomic E-state index is 12.3. The van der Waals surface area contributed by atoms with Gasteiger partial charge in [-0.1, -0.05) is 0 Å². The molecule has 3 rings (SSSR count). The number of nitrogens with one attached hydrogen (secondary N) is 1. The Morgan fingerprint density at radius 3 is 2.79 bits per heavy atom. The number of anilines is 1. The fraction of sp³-hybridized carbons (Fsp3) is 0.267. The molecular weight excluding hydrogens is 310 g/mol. The van der Waals surface area contributed by atoms with E-state index in [9.17, 15) is 4.79 Å². The molecule has 3 heterocycles. The molecule has 0 unspecified atom stereocenters. The van der Waals surface area contributed by atoms with Crippen molar-refractivity contribution in [3.05, 3.63) is 41.3 Å². The van der Waals surface area contributed by atoms with Crippen LogP contribution in [0, 0.1) is 13.8 Å². The Morgan fingerprint density at radius 2 is 2.17 bits per heavy atom. The van der Waals surface area contributed by atoms with Gasteiger partial charge >= 0.3 is 0 Å². The maximum Gasteiger partial charge on any atom is 0.274 e. The number of hydrogen-bond donors (Lipinski definition) is 2.